The molecule has 206 valence electrons. The van der Waals surface area contributed by atoms with Gasteiger partial charge in [-0.25, -0.2) is 0 Å². The lowest BCUT2D eigenvalue weighted by molar-refractivity contribution is 0.102. The molecule has 1 saturated heterocycles. The van der Waals surface area contributed by atoms with Crippen LogP contribution in [0.15, 0.2) is 66.7 Å². The zero-order valence-corrected chi connectivity index (χ0v) is 23.1. The van der Waals surface area contributed by atoms with E-state index in [-0.39, 0.29) is 11.9 Å². The Morgan fingerprint density at radius 2 is 1.70 bits per heavy atom. The molecule has 0 radical (unpaired) electrons. The molecule has 3 aromatic carbocycles. The van der Waals surface area contributed by atoms with Crippen molar-refractivity contribution in [1.29, 1.82) is 0 Å². The Bertz CT molecular complexity index is 1450. The number of para-hydroxylation sites is 1. The summed E-state index contributed by atoms with van der Waals surface area (Å²) in [6.45, 7) is 6.33. The average molecular weight is 557 g/mol. The van der Waals surface area contributed by atoms with Gasteiger partial charge in [0.1, 0.15) is 13.2 Å². The first kappa shape index (κ1) is 25.4. The van der Waals surface area contributed by atoms with Gasteiger partial charge in [0.2, 0.25) is 0 Å². The predicted octanol–water partition coefficient (Wildman–Crippen LogP) is 5.68. The van der Waals surface area contributed by atoms with E-state index in [9.17, 15) is 4.79 Å². The number of piperazine rings is 1. The van der Waals surface area contributed by atoms with Crippen LogP contribution in [0, 0.1) is 0 Å². The fourth-order valence-electron chi connectivity index (χ4n) is 5.96. The maximum atomic E-state index is 13.2. The quantitative estimate of drug-likeness (QED) is 0.422. The van der Waals surface area contributed by atoms with E-state index in [0.29, 0.717) is 41.0 Å². The van der Waals surface area contributed by atoms with Gasteiger partial charge in [-0.1, -0.05) is 42.0 Å². The van der Waals surface area contributed by atoms with Crippen LogP contribution in [0.3, 0.4) is 0 Å². The third-order valence-electron chi connectivity index (χ3n) is 8.21. The summed E-state index contributed by atoms with van der Waals surface area (Å²) in [6, 6.07) is 20.3. The molecule has 0 spiro atoms. The second-order valence-electron chi connectivity index (χ2n) is 10.9. The summed E-state index contributed by atoms with van der Waals surface area (Å²) in [6.07, 6.45) is 7.22. The number of benzene rings is 3. The molecule has 7 rings (SSSR count). The molecular formula is C32H33ClN4O3. The molecule has 4 aliphatic rings. The van der Waals surface area contributed by atoms with Gasteiger partial charge in [0.15, 0.2) is 11.5 Å². The van der Waals surface area contributed by atoms with Gasteiger partial charge in [0.05, 0.1) is 16.8 Å². The molecule has 2 fully saturated rings. The number of ether oxygens (including phenoxy) is 2. The third-order valence-corrected chi connectivity index (χ3v) is 8.53. The second-order valence-corrected chi connectivity index (χ2v) is 11.3. The largest absolute Gasteiger partial charge is 0.486 e. The molecule has 40 heavy (non-hydrogen) atoms. The van der Waals surface area contributed by atoms with E-state index in [2.05, 4.69) is 56.4 Å². The number of anilines is 3. The lowest BCUT2D eigenvalue weighted by Gasteiger charge is -2.41. The zero-order chi connectivity index (χ0) is 27.1. The van der Waals surface area contributed by atoms with Crippen LogP contribution in [-0.4, -0.2) is 73.7 Å². The van der Waals surface area contributed by atoms with Gasteiger partial charge in [0, 0.05) is 55.7 Å². The normalized spacial score (nSPS) is 20.7. The standard InChI is InChI=1S/C32H33ClN4O3/c33-27-11-7-24(34-32(38)23-6-12-30-31(19-23)40-18-17-39-30)20-29(27)37-26(8-5-22-3-1-2-4-28(22)37)21-35-13-15-36(16-14-35)25-9-10-25/h1-8,11-12,19-20,25-26H,9-10,13-18,21H2,(H,34,38). The van der Waals surface area contributed by atoms with E-state index in [0.717, 1.165) is 55.7 Å². The lowest BCUT2D eigenvalue weighted by atomic mass is 10.0. The molecule has 0 bridgehead atoms. The number of hydrogen-bond acceptors (Lipinski definition) is 6. The minimum Gasteiger partial charge on any atom is -0.486 e. The van der Waals surface area contributed by atoms with Crippen molar-refractivity contribution in [3.63, 3.8) is 0 Å². The summed E-state index contributed by atoms with van der Waals surface area (Å²) < 4.78 is 11.3. The first-order valence-electron chi connectivity index (χ1n) is 14.2. The van der Waals surface area contributed by atoms with Gasteiger partial charge in [-0.2, -0.15) is 0 Å². The van der Waals surface area contributed by atoms with Gasteiger partial charge in [0.25, 0.3) is 5.91 Å². The van der Waals surface area contributed by atoms with Crippen molar-refractivity contribution >= 4 is 40.6 Å². The van der Waals surface area contributed by atoms with Crippen molar-refractivity contribution in [3.8, 4) is 11.5 Å². The van der Waals surface area contributed by atoms with Crippen molar-refractivity contribution in [3.05, 3.63) is 82.9 Å². The highest BCUT2D eigenvalue weighted by molar-refractivity contribution is 6.33. The van der Waals surface area contributed by atoms with E-state index >= 15 is 0 Å². The number of nitrogens with one attached hydrogen (secondary N) is 1. The molecule has 1 atom stereocenters. The molecule has 3 aromatic rings. The van der Waals surface area contributed by atoms with Crippen molar-refractivity contribution in [2.24, 2.45) is 0 Å². The molecular weight excluding hydrogens is 524 g/mol. The summed E-state index contributed by atoms with van der Waals surface area (Å²) >= 11 is 6.87. The van der Waals surface area contributed by atoms with Gasteiger partial charge in [-0.05, 0) is 60.9 Å². The van der Waals surface area contributed by atoms with E-state index < -0.39 is 0 Å². The Balaban J connectivity index is 1.14. The van der Waals surface area contributed by atoms with Crippen LogP contribution in [0.2, 0.25) is 5.02 Å². The van der Waals surface area contributed by atoms with Gasteiger partial charge in [-0.3, -0.25) is 14.6 Å². The Morgan fingerprint density at radius 3 is 2.52 bits per heavy atom. The Morgan fingerprint density at radius 1 is 0.900 bits per heavy atom. The van der Waals surface area contributed by atoms with E-state index in [4.69, 9.17) is 21.1 Å². The number of halogens is 1. The lowest BCUT2D eigenvalue weighted by Crippen LogP contribution is -2.51. The molecule has 3 heterocycles. The first-order chi connectivity index (χ1) is 19.6. The molecule has 0 aromatic heterocycles. The monoisotopic (exact) mass is 556 g/mol. The minimum absolute atomic E-state index is 0.114. The van der Waals surface area contributed by atoms with Crippen molar-refractivity contribution in [1.82, 2.24) is 9.80 Å². The van der Waals surface area contributed by atoms with Crippen molar-refractivity contribution in [2.75, 3.05) is 56.2 Å². The minimum atomic E-state index is -0.214. The number of carbonyl (C=O) groups is 1. The maximum Gasteiger partial charge on any atom is 0.255 e. The number of hydrogen-bond donors (Lipinski definition) is 1. The second kappa shape index (κ2) is 10.8. The fraction of sp³-hybridized carbons (Fsp3) is 0.344. The van der Waals surface area contributed by atoms with Gasteiger partial charge < -0.3 is 19.7 Å². The number of carbonyl (C=O) groups excluding carboxylic acids is 1. The zero-order valence-electron chi connectivity index (χ0n) is 22.4. The smallest absolute Gasteiger partial charge is 0.255 e. The molecule has 7 nitrogen and oxygen atoms in total. The van der Waals surface area contributed by atoms with E-state index in [1.54, 1.807) is 18.2 Å². The number of fused-ring (bicyclic) bond motifs is 2. The summed E-state index contributed by atoms with van der Waals surface area (Å²) in [7, 11) is 0. The van der Waals surface area contributed by atoms with Crippen LogP contribution in [0.25, 0.3) is 6.08 Å². The Hall–Kier alpha value is -3.52. The predicted molar refractivity (Wildman–Crippen MR) is 159 cm³/mol. The van der Waals surface area contributed by atoms with E-state index in [1.165, 1.54) is 12.8 Å². The highest BCUT2D eigenvalue weighted by atomic mass is 35.5. The molecule has 1 amide bonds. The topological polar surface area (TPSA) is 57.3 Å². The van der Waals surface area contributed by atoms with Crippen molar-refractivity contribution in [2.45, 2.75) is 24.9 Å². The highest BCUT2D eigenvalue weighted by Crippen LogP contribution is 2.41. The highest BCUT2D eigenvalue weighted by Gasteiger charge is 2.33. The average Bonchev–Trinajstić information content (AvgIpc) is 3.84. The fourth-order valence-corrected chi connectivity index (χ4v) is 6.17. The van der Waals surface area contributed by atoms with Crippen LogP contribution in [-0.2, 0) is 0 Å². The van der Waals surface area contributed by atoms with E-state index in [1.807, 2.05) is 18.2 Å². The van der Waals surface area contributed by atoms with Gasteiger partial charge >= 0.3 is 0 Å². The molecule has 1 saturated carbocycles. The molecule has 1 N–H and O–H groups in total. The summed E-state index contributed by atoms with van der Waals surface area (Å²) in [5.74, 6) is 1.04. The summed E-state index contributed by atoms with van der Waals surface area (Å²) in [5, 5.41) is 3.70. The van der Waals surface area contributed by atoms with Crippen LogP contribution >= 0.6 is 11.6 Å². The van der Waals surface area contributed by atoms with Crippen LogP contribution in [0.5, 0.6) is 11.5 Å². The first-order valence-corrected chi connectivity index (χ1v) is 14.5. The van der Waals surface area contributed by atoms with Gasteiger partial charge in [-0.15, -0.1) is 0 Å². The van der Waals surface area contributed by atoms with Crippen molar-refractivity contribution < 1.29 is 14.3 Å². The van der Waals surface area contributed by atoms with Crippen LogP contribution in [0.1, 0.15) is 28.8 Å². The summed E-state index contributed by atoms with van der Waals surface area (Å²) in [4.78, 5) is 20.7. The van der Waals surface area contributed by atoms with Crippen LogP contribution < -0.4 is 19.7 Å². The molecule has 8 heteroatoms. The number of rotatable bonds is 6. The Kier molecular flexibility index (Phi) is 6.87. The molecule has 1 unspecified atom stereocenters. The molecule has 1 aliphatic carbocycles. The number of amides is 1. The third kappa shape index (κ3) is 5.17. The van der Waals surface area contributed by atoms with Crippen LogP contribution in [0.4, 0.5) is 17.1 Å². The summed E-state index contributed by atoms with van der Waals surface area (Å²) in [5.41, 5.74) is 4.33. The Labute approximate surface area is 239 Å². The number of nitrogens with zero attached hydrogens (tertiary/aromatic N) is 3. The maximum absolute atomic E-state index is 13.2. The molecule has 3 aliphatic heterocycles. The SMILES string of the molecule is O=C(Nc1ccc(Cl)c(N2c3ccccc3C=CC2CN2CCN(C3CC3)CC2)c1)c1ccc2c(c1)OCCO2.